The molecule has 1 aliphatic rings. The van der Waals surface area contributed by atoms with Gasteiger partial charge in [-0.05, 0) is 18.6 Å². The van der Waals surface area contributed by atoms with E-state index >= 15 is 0 Å². The summed E-state index contributed by atoms with van der Waals surface area (Å²) < 4.78 is 39.2. The number of sulfonamides is 1. The number of para-hydroxylation sites is 1. The van der Waals surface area contributed by atoms with Crippen molar-refractivity contribution in [1.29, 1.82) is 0 Å². The highest BCUT2D eigenvalue weighted by atomic mass is 32.2. The summed E-state index contributed by atoms with van der Waals surface area (Å²) in [5.41, 5.74) is -1.11. The summed E-state index contributed by atoms with van der Waals surface area (Å²) in [4.78, 5) is 20.5. The molecule has 1 saturated heterocycles. The van der Waals surface area contributed by atoms with Crippen LogP contribution in [0.2, 0.25) is 0 Å². The second-order valence-corrected chi connectivity index (χ2v) is 6.29. The summed E-state index contributed by atoms with van der Waals surface area (Å²) in [6, 6.07) is 2.85. The molecule has 0 atom stereocenters. The van der Waals surface area contributed by atoms with Gasteiger partial charge in [0.25, 0.3) is 10.0 Å². The first-order valence-corrected chi connectivity index (χ1v) is 7.48. The van der Waals surface area contributed by atoms with Gasteiger partial charge in [0.2, 0.25) is 11.7 Å². The van der Waals surface area contributed by atoms with E-state index in [2.05, 4.69) is 5.32 Å². The molecule has 0 aromatic heterocycles. The summed E-state index contributed by atoms with van der Waals surface area (Å²) in [5, 5.41) is 13.4. The highest BCUT2D eigenvalue weighted by molar-refractivity contribution is 7.89. The Morgan fingerprint density at radius 3 is 2.76 bits per heavy atom. The Bertz CT molecular complexity index is 691. The van der Waals surface area contributed by atoms with Crippen molar-refractivity contribution in [2.24, 2.45) is 0 Å². The molecule has 0 aliphatic carbocycles. The van der Waals surface area contributed by atoms with Crippen LogP contribution in [-0.2, 0) is 14.8 Å². The van der Waals surface area contributed by atoms with E-state index in [4.69, 9.17) is 0 Å². The van der Waals surface area contributed by atoms with Crippen molar-refractivity contribution in [3.8, 4) is 0 Å². The minimum absolute atomic E-state index is 0.0226. The van der Waals surface area contributed by atoms with Gasteiger partial charge in [-0.1, -0.05) is 6.07 Å². The quantitative estimate of drug-likeness (QED) is 0.634. The van der Waals surface area contributed by atoms with Crippen LogP contribution in [0.5, 0.6) is 0 Å². The summed E-state index contributed by atoms with van der Waals surface area (Å²) in [6.07, 6.45) is 0.369. The first-order valence-electron chi connectivity index (χ1n) is 6.04. The molecule has 0 unspecified atom stereocenters. The lowest BCUT2D eigenvalue weighted by atomic mass is 10.3. The second-order valence-electron chi connectivity index (χ2n) is 4.39. The van der Waals surface area contributed by atoms with E-state index in [0.29, 0.717) is 13.0 Å². The zero-order chi connectivity index (χ0) is 15.6. The number of benzene rings is 1. The van der Waals surface area contributed by atoms with Gasteiger partial charge in [0, 0.05) is 13.1 Å². The Kier molecular flexibility index (Phi) is 4.19. The molecular weight excluding hydrogens is 305 g/mol. The Morgan fingerprint density at radius 1 is 1.38 bits per heavy atom. The molecular formula is C11H12FN3O5S. The summed E-state index contributed by atoms with van der Waals surface area (Å²) >= 11 is 0. The molecule has 0 saturated carbocycles. The molecule has 2 rings (SSSR count). The average molecular weight is 317 g/mol. The lowest BCUT2D eigenvalue weighted by molar-refractivity contribution is -0.390. The van der Waals surface area contributed by atoms with E-state index in [1.165, 1.54) is 0 Å². The number of nitro benzene ring substituents is 1. The van der Waals surface area contributed by atoms with Crippen molar-refractivity contribution in [3.05, 3.63) is 34.1 Å². The van der Waals surface area contributed by atoms with Crippen molar-refractivity contribution in [3.63, 3.8) is 0 Å². The number of hydrogen-bond acceptors (Lipinski definition) is 5. The van der Waals surface area contributed by atoms with Crippen LogP contribution in [0.1, 0.15) is 6.42 Å². The normalized spacial score (nSPS) is 17.1. The molecule has 0 radical (unpaired) electrons. The number of amides is 1. The van der Waals surface area contributed by atoms with Gasteiger partial charge in [-0.2, -0.15) is 8.70 Å². The van der Waals surface area contributed by atoms with Crippen LogP contribution in [0.15, 0.2) is 23.1 Å². The maximum absolute atomic E-state index is 13.6. The largest absolute Gasteiger partial charge is 0.355 e. The van der Waals surface area contributed by atoms with Crippen molar-refractivity contribution < 1.29 is 22.5 Å². The highest BCUT2D eigenvalue weighted by Crippen LogP contribution is 2.29. The topological polar surface area (TPSA) is 110 Å². The van der Waals surface area contributed by atoms with E-state index in [1.54, 1.807) is 0 Å². The number of carbonyl (C=O) groups excluding carboxylic acids is 1. The number of carbonyl (C=O) groups is 1. The van der Waals surface area contributed by atoms with E-state index in [0.717, 1.165) is 22.5 Å². The molecule has 1 heterocycles. The zero-order valence-electron chi connectivity index (χ0n) is 10.8. The first-order chi connectivity index (χ1) is 9.84. The lowest BCUT2D eigenvalue weighted by Gasteiger charge is -2.18. The van der Waals surface area contributed by atoms with Crippen molar-refractivity contribution in [1.82, 2.24) is 9.62 Å². The third-order valence-corrected chi connectivity index (χ3v) is 4.85. The van der Waals surface area contributed by atoms with E-state index in [-0.39, 0.29) is 6.54 Å². The Morgan fingerprint density at radius 2 is 2.10 bits per heavy atom. The Labute approximate surface area is 119 Å². The van der Waals surface area contributed by atoms with Crippen molar-refractivity contribution in [2.75, 3.05) is 19.6 Å². The predicted octanol–water partition coefficient (Wildman–Crippen LogP) is 0.244. The third-order valence-electron chi connectivity index (χ3n) is 2.98. The highest BCUT2D eigenvalue weighted by Gasteiger charge is 2.35. The van der Waals surface area contributed by atoms with Crippen LogP contribution in [0.4, 0.5) is 10.1 Å². The van der Waals surface area contributed by atoms with Gasteiger partial charge in [-0.3, -0.25) is 14.9 Å². The molecule has 1 aromatic rings. The first kappa shape index (κ1) is 15.3. The van der Waals surface area contributed by atoms with Gasteiger partial charge >= 0.3 is 5.69 Å². The van der Waals surface area contributed by atoms with E-state index < -0.39 is 43.8 Å². The molecule has 21 heavy (non-hydrogen) atoms. The predicted molar refractivity (Wildman–Crippen MR) is 69.4 cm³/mol. The van der Waals surface area contributed by atoms with Crippen LogP contribution in [-0.4, -0.2) is 43.2 Å². The summed E-state index contributed by atoms with van der Waals surface area (Å²) in [7, 11) is -4.33. The zero-order valence-corrected chi connectivity index (χ0v) is 11.6. The Balaban J connectivity index is 2.51. The fourth-order valence-corrected chi connectivity index (χ4v) is 3.61. The maximum atomic E-state index is 13.6. The Hall–Kier alpha value is -2.07. The number of nitrogens with one attached hydrogen (secondary N) is 1. The fourth-order valence-electron chi connectivity index (χ4n) is 2.00. The van der Waals surface area contributed by atoms with Gasteiger partial charge < -0.3 is 5.32 Å². The van der Waals surface area contributed by atoms with Crippen LogP contribution >= 0.6 is 0 Å². The molecule has 1 aromatic carbocycles. The molecule has 8 nitrogen and oxygen atoms in total. The third kappa shape index (κ3) is 3.00. The molecule has 1 fully saturated rings. The van der Waals surface area contributed by atoms with Crippen LogP contribution < -0.4 is 5.32 Å². The van der Waals surface area contributed by atoms with Crippen molar-refractivity contribution in [2.45, 2.75) is 11.3 Å². The van der Waals surface area contributed by atoms with Gasteiger partial charge in [0.05, 0.1) is 11.5 Å². The number of halogens is 1. The number of nitrogens with zero attached hydrogens (tertiary/aromatic N) is 2. The molecule has 1 amide bonds. The average Bonchev–Trinajstić information content (AvgIpc) is 2.63. The van der Waals surface area contributed by atoms with Gasteiger partial charge in [0.15, 0.2) is 4.90 Å². The van der Waals surface area contributed by atoms with Crippen LogP contribution in [0, 0.1) is 15.9 Å². The molecule has 10 heteroatoms. The van der Waals surface area contributed by atoms with Gasteiger partial charge in [-0.25, -0.2) is 8.42 Å². The maximum Gasteiger partial charge on any atom is 0.324 e. The SMILES string of the molecule is O=C1CN(S(=O)(=O)c2cccc(F)c2[N+](=O)[O-])CCCN1. The molecule has 0 bridgehead atoms. The molecule has 1 N–H and O–H groups in total. The summed E-state index contributed by atoms with van der Waals surface area (Å²) in [5.74, 6) is -1.74. The smallest absolute Gasteiger partial charge is 0.324 e. The van der Waals surface area contributed by atoms with Gasteiger partial charge in [0.1, 0.15) is 0 Å². The summed E-state index contributed by atoms with van der Waals surface area (Å²) in [6.45, 7) is -0.110. The van der Waals surface area contributed by atoms with E-state index in [1.807, 2.05) is 0 Å². The van der Waals surface area contributed by atoms with Gasteiger partial charge in [-0.15, -0.1) is 0 Å². The number of hydrogen-bond donors (Lipinski definition) is 1. The number of nitro groups is 1. The monoisotopic (exact) mass is 317 g/mol. The minimum Gasteiger partial charge on any atom is -0.355 e. The molecule has 1 aliphatic heterocycles. The molecule has 0 spiro atoms. The fraction of sp³-hybridized carbons (Fsp3) is 0.364. The van der Waals surface area contributed by atoms with Crippen LogP contribution in [0.25, 0.3) is 0 Å². The number of rotatable bonds is 3. The van der Waals surface area contributed by atoms with Crippen LogP contribution in [0.3, 0.4) is 0 Å². The second kappa shape index (κ2) is 5.74. The van der Waals surface area contributed by atoms with Crippen molar-refractivity contribution >= 4 is 21.6 Å². The minimum atomic E-state index is -4.33. The standard InChI is InChI=1S/C11H12FN3O5S/c12-8-3-1-4-9(11(8)15(17)18)21(19,20)14-6-2-5-13-10(16)7-14/h1,3-4H,2,5-7H2,(H,13,16). The molecule has 114 valence electrons. The lowest BCUT2D eigenvalue weighted by Crippen LogP contribution is -2.37. The van der Waals surface area contributed by atoms with E-state index in [9.17, 15) is 27.7 Å².